The van der Waals surface area contributed by atoms with E-state index in [1.165, 1.54) is 31.9 Å². The summed E-state index contributed by atoms with van der Waals surface area (Å²) in [5.74, 6) is -1.34. The summed E-state index contributed by atoms with van der Waals surface area (Å²) in [5.41, 5.74) is 5.58. The van der Waals surface area contributed by atoms with Crippen LogP contribution in [0.5, 0.6) is 11.8 Å². The van der Waals surface area contributed by atoms with Gasteiger partial charge in [0.15, 0.2) is 17.4 Å². The fraction of sp³-hybridized carbons (Fsp3) is 0.591. The number of hydrogen-bond donors (Lipinski definition) is 7. The number of aliphatic hydroxyl groups is 2. The number of aromatic nitrogens is 6. The number of aromatic amines is 2. The van der Waals surface area contributed by atoms with Gasteiger partial charge in [-0.15, -0.1) is 0 Å². The molecule has 0 fully saturated rings. The highest BCUT2D eigenvalue weighted by Gasteiger charge is 2.33. The maximum absolute atomic E-state index is 13.8. The van der Waals surface area contributed by atoms with Crippen LogP contribution in [0, 0.1) is 0 Å². The van der Waals surface area contributed by atoms with Gasteiger partial charge in [-0.2, -0.15) is 9.97 Å². The van der Waals surface area contributed by atoms with Crippen molar-refractivity contribution >= 4 is 41.2 Å². The van der Waals surface area contributed by atoms with Gasteiger partial charge in [0.1, 0.15) is 12.1 Å². The third-order valence-corrected chi connectivity index (χ3v) is 9.46. The van der Waals surface area contributed by atoms with Crippen LogP contribution in [0.4, 0.5) is 5.95 Å². The van der Waals surface area contributed by atoms with Crippen LogP contribution >= 0.6 is 18.1 Å². The largest absolute Gasteiger partial charge is 0.493 e. The lowest BCUT2D eigenvalue weighted by Gasteiger charge is -2.28. The first-order valence-electron chi connectivity index (χ1n) is 12.6. The van der Waals surface area contributed by atoms with Gasteiger partial charge in [0.25, 0.3) is 0 Å². The van der Waals surface area contributed by atoms with E-state index in [1.807, 2.05) is 0 Å². The van der Waals surface area contributed by atoms with E-state index in [0.29, 0.717) is 11.4 Å². The number of methoxy groups -OCH3 is 1. The molecule has 234 valence electrons. The molecule has 3 aromatic heterocycles. The number of nitrogen functional groups attached to an aromatic ring is 1. The summed E-state index contributed by atoms with van der Waals surface area (Å²) in [6.45, 7) is 1.05. The number of esters is 1. The van der Waals surface area contributed by atoms with Crippen molar-refractivity contribution in [2.75, 3.05) is 26.1 Å². The number of carbonyl (C=O) groups excluding carboxylic acids is 1. The molecule has 0 aliphatic rings. The van der Waals surface area contributed by atoms with E-state index in [-0.39, 0.29) is 34.4 Å². The van der Waals surface area contributed by atoms with Crippen LogP contribution in [0.1, 0.15) is 39.6 Å². The minimum Gasteiger partial charge on any atom is -0.493 e. The number of ether oxygens (including phenoxy) is 3. The second-order valence-corrected chi connectivity index (χ2v) is 13.6. The molecule has 8 N–H and O–H groups in total. The molecule has 0 spiro atoms. The molecule has 3 aromatic rings. The van der Waals surface area contributed by atoms with Crippen LogP contribution in [0.15, 0.2) is 11.1 Å². The molecule has 0 saturated heterocycles. The zero-order valence-electron chi connectivity index (χ0n) is 23.5. The number of nitrogens with zero attached hydrogens (tertiary/aromatic N) is 4. The van der Waals surface area contributed by atoms with E-state index in [9.17, 15) is 29.5 Å². The van der Waals surface area contributed by atoms with Gasteiger partial charge in [-0.25, -0.2) is 14.9 Å². The average Bonchev–Trinajstić information content (AvgIpc) is 3.48. The van der Waals surface area contributed by atoms with Gasteiger partial charge in [-0.3, -0.25) is 18.9 Å². The van der Waals surface area contributed by atoms with Gasteiger partial charge in [0, 0.05) is 5.75 Å². The Kier molecular flexibility index (Phi) is 11.4. The first-order chi connectivity index (χ1) is 19.8. The predicted molar refractivity (Wildman–Crippen MR) is 151 cm³/mol. The van der Waals surface area contributed by atoms with E-state index in [4.69, 9.17) is 24.5 Å². The van der Waals surface area contributed by atoms with E-state index in [0.717, 1.165) is 0 Å². The smallest absolute Gasteiger partial charge is 0.327 e. The standard InChI is InChI=1S/C22H35N8O10PS/c1-10(2)39-20(34)11(3)29-41(36,42-8-14-17(33)27-22(35)25-14)38-7-13(6-31)40-19(12(4)32)30-9-24-15-16(30)26-21(23)28-18(15)37-5/h9-13,19,31-33H,6-8H2,1-5H3,(H,29,36)(H2,23,26,28)(H2,25,27,35). The summed E-state index contributed by atoms with van der Waals surface area (Å²) in [6.07, 6.45) is -2.60. The van der Waals surface area contributed by atoms with Crippen molar-refractivity contribution in [3.63, 3.8) is 0 Å². The third-order valence-electron chi connectivity index (χ3n) is 5.47. The van der Waals surface area contributed by atoms with E-state index in [1.54, 1.807) is 13.8 Å². The number of nitrogens with two attached hydrogens (primary N) is 1. The van der Waals surface area contributed by atoms with Crippen LogP contribution in [-0.4, -0.2) is 95.5 Å². The number of fused-ring (bicyclic) bond motifs is 1. The second-order valence-electron chi connectivity index (χ2n) is 9.30. The molecule has 0 radical (unpaired) electrons. The van der Waals surface area contributed by atoms with Crippen LogP contribution in [0.3, 0.4) is 0 Å². The number of imidazole rings is 2. The molecule has 0 saturated carbocycles. The summed E-state index contributed by atoms with van der Waals surface area (Å²) in [4.78, 5) is 40.7. The molecule has 0 amide bonds. The Hall–Kier alpha value is -3.19. The lowest BCUT2D eigenvalue weighted by atomic mass is 10.3. The predicted octanol–water partition coefficient (Wildman–Crippen LogP) is 0.384. The van der Waals surface area contributed by atoms with Crippen molar-refractivity contribution in [1.82, 2.24) is 34.6 Å². The summed E-state index contributed by atoms with van der Waals surface area (Å²) in [7, 11) is 1.38. The molecule has 42 heavy (non-hydrogen) atoms. The van der Waals surface area contributed by atoms with Crippen molar-refractivity contribution in [3.05, 3.63) is 22.5 Å². The molecule has 20 heteroatoms. The van der Waals surface area contributed by atoms with Gasteiger partial charge in [0.2, 0.25) is 17.7 Å². The van der Waals surface area contributed by atoms with Crippen LogP contribution in [0.25, 0.3) is 11.2 Å². The summed E-state index contributed by atoms with van der Waals surface area (Å²) >= 11 is 0.670. The number of H-pyrrole nitrogens is 2. The zero-order chi connectivity index (χ0) is 31.2. The lowest BCUT2D eigenvalue weighted by molar-refractivity contribution is -0.149. The monoisotopic (exact) mass is 634 g/mol. The van der Waals surface area contributed by atoms with E-state index >= 15 is 0 Å². The minimum absolute atomic E-state index is 0.0424. The number of anilines is 1. The van der Waals surface area contributed by atoms with Crippen LogP contribution < -0.4 is 21.2 Å². The highest BCUT2D eigenvalue weighted by Crippen LogP contribution is 2.58. The Morgan fingerprint density at radius 3 is 2.55 bits per heavy atom. The number of aromatic hydroxyl groups is 1. The summed E-state index contributed by atoms with van der Waals surface area (Å²) in [6, 6.07) is -1.08. The fourth-order valence-electron chi connectivity index (χ4n) is 3.56. The summed E-state index contributed by atoms with van der Waals surface area (Å²) in [5, 5.41) is 33.1. The first kappa shape index (κ1) is 33.3. The number of carbonyl (C=O) groups is 1. The molecule has 0 aromatic carbocycles. The Balaban J connectivity index is 1.81. The number of rotatable bonds is 16. The number of hydrogen-bond acceptors (Lipinski definition) is 15. The average molecular weight is 635 g/mol. The Labute approximate surface area is 243 Å². The van der Waals surface area contributed by atoms with Crippen LogP contribution in [0.2, 0.25) is 0 Å². The van der Waals surface area contributed by atoms with Gasteiger partial charge < -0.3 is 44.8 Å². The maximum atomic E-state index is 13.8. The van der Waals surface area contributed by atoms with E-state index in [2.05, 4.69) is 30.0 Å². The Morgan fingerprint density at radius 1 is 1.26 bits per heavy atom. The Bertz CT molecular complexity index is 1460. The maximum Gasteiger partial charge on any atom is 0.327 e. The Morgan fingerprint density at radius 2 is 1.98 bits per heavy atom. The van der Waals surface area contributed by atoms with Crippen molar-refractivity contribution in [3.8, 4) is 11.8 Å². The molecular weight excluding hydrogens is 599 g/mol. The van der Waals surface area contributed by atoms with Crippen molar-refractivity contribution in [2.45, 2.75) is 64.0 Å². The highest BCUT2D eigenvalue weighted by atomic mass is 32.7. The molecule has 5 unspecified atom stereocenters. The quantitative estimate of drug-likeness (QED) is 0.0829. The molecule has 3 heterocycles. The SMILES string of the molecule is COc1nc(N)nc2c1ncn2C(OC(CO)COP(=O)(NC(C)C(=O)OC(C)C)SCc1[nH]c(=O)[nH]c1O)C(C)O. The topological polar surface area (TPSA) is 262 Å². The first-order valence-corrected chi connectivity index (χ1v) is 15.8. The van der Waals surface area contributed by atoms with Gasteiger partial charge in [-0.05, 0) is 39.1 Å². The second kappa shape index (κ2) is 14.3. The molecule has 0 aliphatic heterocycles. The molecule has 18 nitrogen and oxygen atoms in total. The van der Waals surface area contributed by atoms with E-state index < -0.39 is 68.1 Å². The molecular formula is C22H35N8O10PS. The van der Waals surface area contributed by atoms with Crippen molar-refractivity contribution in [1.29, 1.82) is 0 Å². The van der Waals surface area contributed by atoms with Gasteiger partial charge >= 0.3 is 18.4 Å². The molecule has 5 atom stereocenters. The summed E-state index contributed by atoms with van der Waals surface area (Å²) < 4.78 is 37.2. The van der Waals surface area contributed by atoms with Gasteiger partial charge in [0.05, 0.1) is 44.6 Å². The number of aliphatic hydroxyl groups excluding tert-OH is 2. The zero-order valence-corrected chi connectivity index (χ0v) is 25.2. The fourth-order valence-corrected chi connectivity index (χ4v) is 7.24. The van der Waals surface area contributed by atoms with Gasteiger partial charge in [-0.1, -0.05) is 0 Å². The number of nitrogens with one attached hydrogen (secondary N) is 3. The third kappa shape index (κ3) is 8.43. The lowest BCUT2D eigenvalue weighted by Crippen LogP contribution is -2.36. The van der Waals surface area contributed by atoms with Crippen molar-refractivity contribution < 1.29 is 43.4 Å². The minimum atomic E-state index is -4.01. The highest BCUT2D eigenvalue weighted by molar-refractivity contribution is 8.55. The van der Waals surface area contributed by atoms with Crippen molar-refractivity contribution in [2.24, 2.45) is 0 Å². The molecule has 3 rings (SSSR count). The van der Waals surface area contributed by atoms with Crippen LogP contribution in [-0.2, 0) is 29.1 Å². The molecule has 0 aliphatic carbocycles. The normalized spacial score (nSPS) is 16.2. The molecule has 0 bridgehead atoms.